The van der Waals surface area contributed by atoms with E-state index in [1.54, 1.807) is 12.1 Å². The van der Waals surface area contributed by atoms with Crippen molar-refractivity contribution >= 4 is 11.6 Å². The molecule has 0 spiro atoms. The summed E-state index contributed by atoms with van der Waals surface area (Å²) in [6, 6.07) is 16.8. The van der Waals surface area contributed by atoms with E-state index in [1.165, 1.54) is 0 Å². The maximum absolute atomic E-state index is 14.3. The number of anilines is 1. The number of nitrogens with one attached hydrogen (secondary N) is 1. The minimum atomic E-state index is -2.76. The molecule has 2 nitrogen and oxygen atoms in total. The normalized spacial score (nSPS) is 14.4. The van der Waals surface area contributed by atoms with Crippen LogP contribution in [-0.2, 0) is 18.8 Å². The van der Waals surface area contributed by atoms with E-state index in [-0.39, 0.29) is 17.9 Å². The van der Waals surface area contributed by atoms with E-state index in [9.17, 15) is 13.6 Å². The van der Waals surface area contributed by atoms with Crippen LogP contribution in [0.4, 0.5) is 14.5 Å². The number of benzene rings is 3. The Hall–Kier alpha value is -3.01. The van der Waals surface area contributed by atoms with Gasteiger partial charge >= 0.3 is 0 Å². The molecule has 4 rings (SSSR count). The van der Waals surface area contributed by atoms with E-state index in [0.29, 0.717) is 12.0 Å². The minimum absolute atomic E-state index is 0.116. The first-order valence-electron chi connectivity index (χ1n) is 10.3. The van der Waals surface area contributed by atoms with Crippen molar-refractivity contribution in [1.82, 2.24) is 0 Å². The molecule has 30 heavy (non-hydrogen) atoms. The molecule has 0 unspecified atom stereocenters. The molecule has 0 saturated heterocycles. The van der Waals surface area contributed by atoms with Crippen LogP contribution in [0.5, 0.6) is 0 Å². The first-order valence-corrected chi connectivity index (χ1v) is 10.3. The smallest absolute Gasteiger partial charge is 0.273 e. The Kier molecular flexibility index (Phi) is 5.19. The number of hydrogen-bond acceptors (Lipinski definition) is 1. The first kappa shape index (κ1) is 20.3. The largest absolute Gasteiger partial charge is 0.322 e. The highest BCUT2D eigenvalue weighted by Crippen LogP contribution is 2.44. The Bertz CT molecular complexity index is 1130. The van der Waals surface area contributed by atoms with Crippen molar-refractivity contribution in [3.63, 3.8) is 0 Å². The van der Waals surface area contributed by atoms with Crippen LogP contribution in [0.25, 0.3) is 11.1 Å². The summed E-state index contributed by atoms with van der Waals surface area (Å²) in [5.41, 5.74) is 6.88. The van der Waals surface area contributed by atoms with Gasteiger partial charge in [0.25, 0.3) is 11.8 Å². The molecule has 0 bridgehead atoms. The van der Waals surface area contributed by atoms with Gasteiger partial charge in [0.2, 0.25) is 0 Å². The molecule has 1 aliphatic carbocycles. The van der Waals surface area contributed by atoms with Crippen molar-refractivity contribution in [2.75, 3.05) is 5.32 Å². The van der Waals surface area contributed by atoms with Gasteiger partial charge in [0.05, 0.1) is 0 Å². The molecule has 0 aliphatic heterocycles. The third-order valence-corrected chi connectivity index (χ3v) is 5.99. The van der Waals surface area contributed by atoms with Gasteiger partial charge < -0.3 is 5.32 Å². The number of alkyl halides is 2. The van der Waals surface area contributed by atoms with E-state index in [4.69, 9.17) is 0 Å². The lowest BCUT2D eigenvalue weighted by atomic mass is 9.93. The lowest BCUT2D eigenvalue weighted by Gasteiger charge is -2.16. The molecule has 0 heterocycles. The third kappa shape index (κ3) is 3.62. The SMILES string of the molecule is CCc1cc(-c2cc3c(cc2C)CCC3(F)F)ccc1NC(=O)c1ccccc1C. The van der Waals surface area contributed by atoms with Gasteiger partial charge in [-0.1, -0.05) is 37.3 Å². The van der Waals surface area contributed by atoms with Gasteiger partial charge in [-0.25, -0.2) is 8.78 Å². The number of amides is 1. The fourth-order valence-corrected chi connectivity index (χ4v) is 4.25. The summed E-state index contributed by atoms with van der Waals surface area (Å²) in [6.07, 6.45) is 1.03. The molecule has 154 valence electrons. The zero-order valence-corrected chi connectivity index (χ0v) is 17.5. The Balaban J connectivity index is 1.68. The second-order valence-electron chi connectivity index (χ2n) is 8.02. The number of hydrogen-bond donors (Lipinski definition) is 1. The second kappa shape index (κ2) is 7.67. The van der Waals surface area contributed by atoms with Gasteiger partial charge in [0, 0.05) is 23.2 Å². The zero-order valence-electron chi connectivity index (χ0n) is 17.5. The Morgan fingerprint density at radius 2 is 1.80 bits per heavy atom. The molecule has 4 heteroatoms. The molecule has 3 aromatic rings. The number of aryl methyl sites for hydroxylation is 4. The molecule has 3 aromatic carbocycles. The Morgan fingerprint density at radius 3 is 2.53 bits per heavy atom. The highest BCUT2D eigenvalue weighted by Gasteiger charge is 2.39. The molecular weight excluding hydrogens is 380 g/mol. The van der Waals surface area contributed by atoms with Crippen LogP contribution in [0.3, 0.4) is 0 Å². The van der Waals surface area contributed by atoms with E-state index in [0.717, 1.165) is 45.5 Å². The van der Waals surface area contributed by atoms with Crippen molar-refractivity contribution < 1.29 is 13.6 Å². The maximum atomic E-state index is 14.3. The lowest BCUT2D eigenvalue weighted by Crippen LogP contribution is -2.14. The summed E-state index contributed by atoms with van der Waals surface area (Å²) in [7, 11) is 0. The van der Waals surface area contributed by atoms with Gasteiger partial charge in [-0.3, -0.25) is 4.79 Å². The summed E-state index contributed by atoms with van der Waals surface area (Å²) in [6.45, 7) is 5.89. The van der Waals surface area contributed by atoms with Crippen LogP contribution in [0.15, 0.2) is 54.6 Å². The monoisotopic (exact) mass is 405 g/mol. The molecule has 0 aromatic heterocycles. The number of carbonyl (C=O) groups excluding carboxylic acids is 1. The number of fused-ring (bicyclic) bond motifs is 1. The molecule has 1 amide bonds. The second-order valence-corrected chi connectivity index (χ2v) is 8.02. The van der Waals surface area contributed by atoms with Crippen molar-refractivity contribution in [2.24, 2.45) is 0 Å². The van der Waals surface area contributed by atoms with Crippen molar-refractivity contribution in [1.29, 1.82) is 0 Å². The van der Waals surface area contributed by atoms with Gasteiger partial charge in [-0.2, -0.15) is 0 Å². The van der Waals surface area contributed by atoms with Crippen LogP contribution in [0.1, 0.15) is 51.5 Å². The first-order chi connectivity index (χ1) is 14.3. The fourth-order valence-electron chi connectivity index (χ4n) is 4.25. The molecule has 1 aliphatic rings. The van der Waals surface area contributed by atoms with Crippen LogP contribution in [0, 0.1) is 13.8 Å². The average Bonchev–Trinajstić information content (AvgIpc) is 3.01. The van der Waals surface area contributed by atoms with Gasteiger partial charge in [-0.05, 0) is 84.3 Å². The summed E-state index contributed by atoms with van der Waals surface area (Å²) < 4.78 is 28.5. The molecule has 0 radical (unpaired) electrons. The number of carbonyl (C=O) groups is 1. The van der Waals surface area contributed by atoms with Gasteiger partial charge in [-0.15, -0.1) is 0 Å². The van der Waals surface area contributed by atoms with E-state index in [1.807, 2.05) is 63.2 Å². The minimum Gasteiger partial charge on any atom is -0.322 e. The van der Waals surface area contributed by atoms with Gasteiger partial charge in [0.1, 0.15) is 0 Å². The van der Waals surface area contributed by atoms with Gasteiger partial charge in [0.15, 0.2) is 0 Å². The number of rotatable bonds is 4. The topological polar surface area (TPSA) is 29.1 Å². The summed E-state index contributed by atoms with van der Waals surface area (Å²) in [5.74, 6) is -2.91. The lowest BCUT2D eigenvalue weighted by molar-refractivity contribution is -0.00181. The molecule has 0 fully saturated rings. The van der Waals surface area contributed by atoms with Crippen LogP contribution in [-0.4, -0.2) is 5.91 Å². The van der Waals surface area contributed by atoms with E-state index < -0.39 is 5.92 Å². The standard InChI is InChI=1S/C26H25F2NO/c1-4-18-14-19(22-15-23-20(13-17(22)3)11-12-26(23,27)28)9-10-24(18)29-25(30)21-8-6-5-7-16(21)2/h5-10,13-15H,4,11-12H2,1-3H3,(H,29,30). The Morgan fingerprint density at radius 1 is 1.03 bits per heavy atom. The van der Waals surface area contributed by atoms with Crippen LogP contribution >= 0.6 is 0 Å². The maximum Gasteiger partial charge on any atom is 0.273 e. The molecule has 0 saturated carbocycles. The summed E-state index contributed by atoms with van der Waals surface area (Å²) in [4.78, 5) is 12.7. The highest BCUT2D eigenvalue weighted by atomic mass is 19.3. The predicted molar refractivity (Wildman–Crippen MR) is 117 cm³/mol. The summed E-state index contributed by atoms with van der Waals surface area (Å²) in [5, 5.41) is 3.01. The zero-order chi connectivity index (χ0) is 21.5. The highest BCUT2D eigenvalue weighted by molar-refractivity contribution is 6.05. The fraction of sp³-hybridized carbons (Fsp3) is 0.269. The third-order valence-electron chi connectivity index (χ3n) is 5.99. The molecule has 1 N–H and O–H groups in total. The quantitative estimate of drug-likeness (QED) is 0.507. The van der Waals surface area contributed by atoms with Crippen LogP contribution in [0.2, 0.25) is 0 Å². The molecule has 0 atom stereocenters. The van der Waals surface area contributed by atoms with E-state index in [2.05, 4.69) is 5.32 Å². The summed E-state index contributed by atoms with van der Waals surface area (Å²) >= 11 is 0. The van der Waals surface area contributed by atoms with Crippen molar-refractivity contribution in [3.05, 3.63) is 88.0 Å². The molecular formula is C26H25F2NO. The Labute approximate surface area is 176 Å². The van der Waals surface area contributed by atoms with Crippen molar-refractivity contribution in [3.8, 4) is 11.1 Å². The van der Waals surface area contributed by atoms with Crippen molar-refractivity contribution in [2.45, 2.75) is 46.0 Å². The predicted octanol–water partition coefficient (Wildman–Crippen LogP) is 6.82. The average molecular weight is 405 g/mol. The van der Waals surface area contributed by atoms with E-state index >= 15 is 0 Å². The van der Waals surface area contributed by atoms with Crippen LogP contribution < -0.4 is 5.32 Å². The number of halogens is 2.